The molecule has 33 heavy (non-hydrogen) atoms. The minimum absolute atomic E-state index is 0.314. The maximum atomic E-state index is 11.6. The van der Waals surface area contributed by atoms with Crippen molar-refractivity contribution in [2.45, 2.75) is 53.6 Å². The molecule has 0 saturated carbocycles. The standard InChI is InChI=1S/C25H31N5O3/c1-7-32-21-13-18(10-11-20(21)33-15-19-12-16(2)8-9-17(19)3)14-26-29-23-22(25(4,5)6)28-30-24(31)27-23/h8-14H,7,15H2,1-6H3,(H2,27,29,30,31)/b26-14+. The summed E-state index contributed by atoms with van der Waals surface area (Å²) in [5.41, 5.74) is 6.93. The van der Waals surface area contributed by atoms with Crippen LogP contribution in [0.2, 0.25) is 0 Å². The maximum absolute atomic E-state index is 11.6. The first kappa shape index (κ1) is 24.0. The van der Waals surface area contributed by atoms with E-state index in [1.165, 1.54) is 11.1 Å². The monoisotopic (exact) mass is 449 g/mol. The number of ether oxygens (including phenoxy) is 2. The Morgan fingerprint density at radius 3 is 2.61 bits per heavy atom. The molecule has 0 spiro atoms. The van der Waals surface area contributed by atoms with Crippen molar-refractivity contribution >= 4 is 12.0 Å². The Morgan fingerprint density at radius 2 is 1.88 bits per heavy atom. The third-order valence-corrected chi connectivity index (χ3v) is 4.95. The van der Waals surface area contributed by atoms with Crippen molar-refractivity contribution in [3.05, 3.63) is 74.8 Å². The average molecular weight is 450 g/mol. The van der Waals surface area contributed by atoms with E-state index in [0.29, 0.717) is 36.2 Å². The average Bonchev–Trinajstić information content (AvgIpc) is 2.75. The van der Waals surface area contributed by atoms with Gasteiger partial charge in [0.05, 0.1) is 12.8 Å². The van der Waals surface area contributed by atoms with Crippen LogP contribution in [0.5, 0.6) is 11.5 Å². The quantitative estimate of drug-likeness (QED) is 0.388. The molecule has 1 aromatic heterocycles. The van der Waals surface area contributed by atoms with E-state index in [4.69, 9.17) is 9.47 Å². The number of aromatic amines is 1. The normalized spacial score (nSPS) is 11.6. The van der Waals surface area contributed by atoms with Gasteiger partial charge in [-0.15, -0.1) is 0 Å². The number of rotatable bonds is 8. The molecule has 0 aliphatic rings. The number of nitrogens with zero attached hydrogens (tertiary/aromatic N) is 3. The SMILES string of the molecule is CCOc1cc(/C=N/Nc2nc(=O)[nH]nc2C(C)(C)C)ccc1OCc1cc(C)ccc1C. The van der Waals surface area contributed by atoms with Crippen molar-refractivity contribution in [3.63, 3.8) is 0 Å². The van der Waals surface area contributed by atoms with Crippen LogP contribution in [0.4, 0.5) is 5.82 Å². The van der Waals surface area contributed by atoms with E-state index >= 15 is 0 Å². The van der Waals surface area contributed by atoms with Crippen LogP contribution in [0, 0.1) is 13.8 Å². The second-order valence-corrected chi connectivity index (χ2v) is 8.82. The van der Waals surface area contributed by atoms with Gasteiger partial charge in [-0.1, -0.05) is 44.5 Å². The summed E-state index contributed by atoms with van der Waals surface area (Å²) in [5.74, 6) is 1.62. The topological polar surface area (TPSA) is 101 Å². The predicted molar refractivity (Wildman–Crippen MR) is 130 cm³/mol. The molecule has 0 fully saturated rings. The van der Waals surface area contributed by atoms with Crippen LogP contribution >= 0.6 is 0 Å². The molecule has 8 heteroatoms. The number of benzene rings is 2. The molecule has 0 amide bonds. The first-order valence-electron chi connectivity index (χ1n) is 10.9. The summed E-state index contributed by atoms with van der Waals surface area (Å²) in [7, 11) is 0. The molecule has 2 aromatic carbocycles. The third-order valence-electron chi connectivity index (χ3n) is 4.95. The van der Waals surface area contributed by atoms with E-state index in [0.717, 1.165) is 11.1 Å². The fourth-order valence-electron chi connectivity index (χ4n) is 3.21. The highest BCUT2D eigenvalue weighted by molar-refractivity contribution is 5.81. The molecule has 0 atom stereocenters. The van der Waals surface area contributed by atoms with Crippen LogP contribution in [0.25, 0.3) is 0 Å². The van der Waals surface area contributed by atoms with Gasteiger partial charge >= 0.3 is 5.69 Å². The fourth-order valence-corrected chi connectivity index (χ4v) is 3.21. The first-order chi connectivity index (χ1) is 15.7. The molecule has 0 aliphatic carbocycles. The lowest BCUT2D eigenvalue weighted by Gasteiger charge is -2.18. The van der Waals surface area contributed by atoms with Gasteiger partial charge in [-0.05, 0) is 55.7 Å². The lowest BCUT2D eigenvalue weighted by molar-refractivity contribution is 0.269. The largest absolute Gasteiger partial charge is 0.490 e. The summed E-state index contributed by atoms with van der Waals surface area (Å²) >= 11 is 0. The lowest BCUT2D eigenvalue weighted by atomic mass is 9.92. The number of H-pyrrole nitrogens is 1. The maximum Gasteiger partial charge on any atom is 0.363 e. The van der Waals surface area contributed by atoms with Crippen LogP contribution in [-0.2, 0) is 12.0 Å². The summed E-state index contributed by atoms with van der Waals surface area (Å²) in [5, 5.41) is 10.7. The molecular weight excluding hydrogens is 418 g/mol. The Morgan fingerprint density at radius 1 is 1.09 bits per heavy atom. The van der Waals surface area contributed by atoms with E-state index in [-0.39, 0.29) is 5.41 Å². The number of aromatic nitrogens is 3. The van der Waals surface area contributed by atoms with E-state index in [1.54, 1.807) is 6.21 Å². The zero-order valence-corrected chi connectivity index (χ0v) is 20.0. The summed E-state index contributed by atoms with van der Waals surface area (Å²) in [4.78, 5) is 15.6. The van der Waals surface area contributed by atoms with Gasteiger partial charge in [0.25, 0.3) is 0 Å². The van der Waals surface area contributed by atoms with Crippen molar-refractivity contribution < 1.29 is 9.47 Å². The summed E-state index contributed by atoms with van der Waals surface area (Å²) < 4.78 is 11.9. The van der Waals surface area contributed by atoms with Gasteiger partial charge < -0.3 is 9.47 Å². The van der Waals surface area contributed by atoms with E-state index in [2.05, 4.69) is 57.8 Å². The molecule has 0 aliphatic heterocycles. The van der Waals surface area contributed by atoms with Gasteiger partial charge in [0, 0.05) is 5.41 Å². The number of hydrogen-bond acceptors (Lipinski definition) is 7. The van der Waals surface area contributed by atoms with Gasteiger partial charge in [0.15, 0.2) is 17.3 Å². The van der Waals surface area contributed by atoms with Crippen molar-refractivity contribution in [2.75, 3.05) is 12.0 Å². The highest BCUT2D eigenvalue weighted by atomic mass is 16.5. The smallest absolute Gasteiger partial charge is 0.363 e. The second-order valence-electron chi connectivity index (χ2n) is 8.82. The molecule has 3 aromatic rings. The van der Waals surface area contributed by atoms with Gasteiger partial charge in [0.1, 0.15) is 12.3 Å². The Kier molecular flexibility index (Phi) is 7.48. The van der Waals surface area contributed by atoms with E-state index in [1.807, 2.05) is 45.9 Å². The molecule has 0 bridgehead atoms. The number of aryl methyl sites for hydroxylation is 2. The summed E-state index contributed by atoms with van der Waals surface area (Å²) in [6, 6.07) is 11.9. The Bertz CT molecular complexity index is 1200. The van der Waals surface area contributed by atoms with Crippen LogP contribution in [0.3, 0.4) is 0 Å². The molecule has 2 N–H and O–H groups in total. The Labute approximate surface area is 194 Å². The second kappa shape index (κ2) is 10.3. The number of hydrazone groups is 1. The van der Waals surface area contributed by atoms with Crippen molar-refractivity contribution in [2.24, 2.45) is 5.10 Å². The van der Waals surface area contributed by atoms with Gasteiger partial charge in [-0.3, -0.25) is 5.43 Å². The molecule has 0 unspecified atom stereocenters. The Hall–Kier alpha value is -3.68. The van der Waals surface area contributed by atoms with Crippen LogP contribution < -0.4 is 20.6 Å². The zero-order valence-electron chi connectivity index (χ0n) is 20.0. The Balaban J connectivity index is 1.77. The third kappa shape index (κ3) is 6.41. The predicted octanol–water partition coefficient (Wildman–Crippen LogP) is 4.50. The van der Waals surface area contributed by atoms with Crippen molar-refractivity contribution in [1.29, 1.82) is 0 Å². The highest BCUT2D eigenvalue weighted by Crippen LogP contribution is 2.29. The van der Waals surface area contributed by atoms with E-state index < -0.39 is 5.69 Å². The number of anilines is 1. The molecular formula is C25H31N5O3. The van der Waals surface area contributed by atoms with Crippen molar-refractivity contribution in [3.8, 4) is 11.5 Å². The zero-order chi connectivity index (χ0) is 24.0. The number of hydrogen-bond donors (Lipinski definition) is 2. The first-order valence-corrected chi connectivity index (χ1v) is 10.9. The van der Waals surface area contributed by atoms with Crippen molar-refractivity contribution in [1.82, 2.24) is 15.2 Å². The molecule has 8 nitrogen and oxygen atoms in total. The lowest BCUT2D eigenvalue weighted by Crippen LogP contribution is -2.24. The molecule has 1 heterocycles. The minimum Gasteiger partial charge on any atom is -0.490 e. The summed E-state index contributed by atoms with van der Waals surface area (Å²) in [6.07, 6.45) is 1.63. The fraction of sp³-hybridized carbons (Fsp3) is 0.360. The van der Waals surface area contributed by atoms with Crippen LogP contribution in [0.1, 0.15) is 55.6 Å². The molecule has 3 rings (SSSR count). The highest BCUT2D eigenvalue weighted by Gasteiger charge is 2.21. The van der Waals surface area contributed by atoms with Gasteiger partial charge in [0.2, 0.25) is 0 Å². The molecule has 174 valence electrons. The van der Waals surface area contributed by atoms with Gasteiger partial charge in [-0.2, -0.15) is 15.2 Å². The van der Waals surface area contributed by atoms with Crippen LogP contribution in [-0.4, -0.2) is 28.0 Å². The van der Waals surface area contributed by atoms with Gasteiger partial charge in [-0.25, -0.2) is 9.89 Å². The minimum atomic E-state index is -0.537. The molecule has 0 saturated heterocycles. The molecule has 0 radical (unpaired) electrons. The summed E-state index contributed by atoms with van der Waals surface area (Å²) in [6.45, 7) is 13.0. The van der Waals surface area contributed by atoms with E-state index in [9.17, 15) is 4.79 Å². The number of nitrogens with one attached hydrogen (secondary N) is 2. The van der Waals surface area contributed by atoms with Crippen LogP contribution in [0.15, 0.2) is 46.3 Å².